The lowest BCUT2D eigenvalue weighted by Gasteiger charge is -1.73. The summed E-state index contributed by atoms with van der Waals surface area (Å²) in [5.74, 6) is 0. The van der Waals surface area contributed by atoms with E-state index in [0.29, 0.717) is 0 Å². The fraction of sp³-hybridized carbons (Fsp3) is 0. The minimum absolute atomic E-state index is 1.51. The normalized spacial score (nSPS) is 11.1. The minimum atomic E-state index is 1.51. The maximum atomic E-state index is 3.82. The van der Waals surface area contributed by atoms with Gasteiger partial charge in [-0.1, -0.05) is 6.58 Å². The third-order valence-electron chi connectivity index (χ3n) is 0.378. The Morgan fingerprint density at radius 3 is 2.88 bits per heavy atom. The molecule has 0 heterocycles. The lowest BCUT2D eigenvalue weighted by molar-refractivity contribution is 1.64. The molecule has 0 aliphatic rings. The third kappa shape index (κ3) is 6.23. The monoisotopic (exact) mass is 239 g/mol. The molecular formula is C5H6INS. The van der Waals surface area contributed by atoms with Crippen LogP contribution in [0.5, 0.6) is 0 Å². The lowest BCUT2D eigenvalue weighted by atomic mass is 11.0. The molecule has 8 heavy (non-hydrogen) atoms. The van der Waals surface area contributed by atoms with Crippen LogP contribution >= 0.6 is 34.4 Å². The van der Waals surface area contributed by atoms with E-state index in [-0.39, 0.29) is 0 Å². The highest BCUT2D eigenvalue weighted by atomic mass is 127. The van der Waals surface area contributed by atoms with E-state index in [1.54, 1.807) is 15.8 Å². The number of rotatable bonds is 3. The van der Waals surface area contributed by atoms with Gasteiger partial charge in [-0.2, -0.15) is 0 Å². The van der Waals surface area contributed by atoms with Gasteiger partial charge in [0.2, 0.25) is 0 Å². The molecule has 0 aliphatic carbocycles. The zero-order chi connectivity index (χ0) is 6.24. The number of nitrogens with zero attached hydrogens (tertiary/aromatic N) is 1. The van der Waals surface area contributed by atoms with Crippen LogP contribution in [0.1, 0.15) is 0 Å². The molecular weight excluding hydrogens is 233 g/mol. The molecule has 0 aromatic carbocycles. The van der Waals surface area contributed by atoms with E-state index >= 15 is 0 Å². The van der Waals surface area contributed by atoms with Gasteiger partial charge in [-0.05, 0) is 33.4 Å². The molecule has 3 heteroatoms. The number of halogens is 1. The Labute approximate surface area is 67.1 Å². The van der Waals surface area contributed by atoms with Crippen molar-refractivity contribution in [3.8, 4) is 0 Å². The van der Waals surface area contributed by atoms with Crippen molar-refractivity contribution < 1.29 is 0 Å². The van der Waals surface area contributed by atoms with Crippen LogP contribution in [0.2, 0.25) is 0 Å². The van der Waals surface area contributed by atoms with Crippen molar-refractivity contribution in [3.63, 3.8) is 0 Å². The molecule has 0 amide bonds. The summed E-state index contributed by atoms with van der Waals surface area (Å²) in [7, 11) is 0. The number of hydrogen-bond donors (Lipinski definition) is 0. The molecule has 0 bridgehead atoms. The van der Waals surface area contributed by atoms with Gasteiger partial charge in [0, 0.05) is 6.20 Å². The maximum absolute atomic E-state index is 3.82. The van der Waals surface area contributed by atoms with Gasteiger partial charge >= 0.3 is 0 Å². The first kappa shape index (κ1) is 8.23. The predicted octanol–water partition coefficient (Wildman–Crippen LogP) is 2.80. The number of aliphatic imine (C=N–C) groups is 1. The van der Waals surface area contributed by atoms with Gasteiger partial charge in [-0.3, -0.25) is 4.99 Å². The highest BCUT2D eigenvalue weighted by Gasteiger charge is 1.62. The van der Waals surface area contributed by atoms with Crippen molar-refractivity contribution in [2.24, 2.45) is 4.99 Å². The van der Waals surface area contributed by atoms with Gasteiger partial charge in [0.25, 0.3) is 0 Å². The summed E-state index contributed by atoms with van der Waals surface area (Å²) in [4.78, 5) is 3.82. The van der Waals surface area contributed by atoms with Crippen LogP contribution in [0.15, 0.2) is 28.6 Å². The largest absolute Gasteiger partial charge is 0.258 e. The summed E-state index contributed by atoms with van der Waals surface area (Å²) in [5.41, 5.74) is 0. The van der Waals surface area contributed by atoms with E-state index in [0.717, 1.165) is 0 Å². The maximum Gasteiger partial charge on any atom is 0.0651 e. The van der Waals surface area contributed by atoms with Gasteiger partial charge < -0.3 is 0 Å². The Bertz CT molecular complexity index is 109. The van der Waals surface area contributed by atoms with Crippen LogP contribution in [0, 0.1) is 0 Å². The highest BCUT2D eigenvalue weighted by molar-refractivity contribution is 14.1. The average Bonchev–Trinajstić information content (AvgIpc) is 1.81. The topological polar surface area (TPSA) is 12.4 Å². The summed E-state index contributed by atoms with van der Waals surface area (Å²) in [6, 6.07) is 0. The van der Waals surface area contributed by atoms with E-state index < -0.39 is 0 Å². The summed E-state index contributed by atoms with van der Waals surface area (Å²) < 4.78 is 1.71. The molecule has 0 unspecified atom stereocenters. The van der Waals surface area contributed by atoms with Crippen LogP contribution < -0.4 is 0 Å². The SMILES string of the molecule is C=CS/C=C\N=CI. The van der Waals surface area contributed by atoms with Gasteiger partial charge in [0.05, 0.1) is 4.22 Å². The molecule has 1 nitrogen and oxygen atoms in total. The molecule has 0 N–H and O–H groups in total. The van der Waals surface area contributed by atoms with Gasteiger partial charge in [-0.25, -0.2) is 0 Å². The van der Waals surface area contributed by atoms with Crippen LogP contribution in [0.4, 0.5) is 0 Å². The first-order valence-corrected chi connectivity index (χ1v) is 4.14. The zero-order valence-electron chi connectivity index (χ0n) is 4.25. The predicted molar refractivity (Wildman–Crippen MR) is 49.4 cm³/mol. The smallest absolute Gasteiger partial charge is 0.0651 e. The van der Waals surface area contributed by atoms with Crippen molar-refractivity contribution in [2.45, 2.75) is 0 Å². The van der Waals surface area contributed by atoms with E-state index in [4.69, 9.17) is 0 Å². The van der Waals surface area contributed by atoms with Crippen LogP contribution in [0.3, 0.4) is 0 Å². The van der Waals surface area contributed by atoms with Crippen molar-refractivity contribution in [3.05, 3.63) is 23.6 Å². The molecule has 0 radical (unpaired) electrons. The molecule has 0 fully saturated rings. The zero-order valence-corrected chi connectivity index (χ0v) is 7.22. The molecule has 0 atom stereocenters. The first-order valence-electron chi connectivity index (χ1n) is 1.95. The van der Waals surface area contributed by atoms with Crippen molar-refractivity contribution >= 4 is 38.6 Å². The van der Waals surface area contributed by atoms with Gasteiger partial charge in [0.15, 0.2) is 0 Å². The summed E-state index contributed by atoms with van der Waals surface area (Å²) in [5, 5.41) is 3.61. The minimum Gasteiger partial charge on any atom is -0.258 e. The van der Waals surface area contributed by atoms with E-state index in [1.807, 2.05) is 5.41 Å². The van der Waals surface area contributed by atoms with Crippen LogP contribution in [0.25, 0.3) is 0 Å². The number of thioether (sulfide) groups is 1. The summed E-state index contributed by atoms with van der Waals surface area (Å²) in [6.45, 7) is 3.52. The average molecular weight is 239 g/mol. The highest BCUT2D eigenvalue weighted by Crippen LogP contribution is 2.00. The standard InChI is InChI=1S/C5H6INS/c1-2-8-4-3-7-5-6/h2-5H,1H2/b4-3-,7-5?. The molecule has 0 aromatic heterocycles. The van der Waals surface area contributed by atoms with Crippen LogP contribution in [-0.4, -0.2) is 4.22 Å². The van der Waals surface area contributed by atoms with Gasteiger partial charge in [0.1, 0.15) is 0 Å². The van der Waals surface area contributed by atoms with Crippen molar-refractivity contribution in [1.29, 1.82) is 0 Å². The summed E-state index contributed by atoms with van der Waals surface area (Å²) >= 11 is 3.58. The van der Waals surface area contributed by atoms with Crippen LogP contribution in [-0.2, 0) is 0 Å². The van der Waals surface area contributed by atoms with E-state index in [1.165, 1.54) is 11.8 Å². The molecule has 0 rings (SSSR count). The molecule has 0 saturated carbocycles. The second-order valence-electron chi connectivity index (χ2n) is 0.835. The molecule has 0 aliphatic heterocycles. The summed E-state index contributed by atoms with van der Waals surface area (Å²) in [6.07, 6.45) is 1.72. The van der Waals surface area contributed by atoms with E-state index in [9.17, 15) is 0 Å². The molecule has 0 spiro atoms. The first-order chi connectivity index (χ1) is 3.91. The van der Waals surface area contributed by atoms with Gasteiger partial charge in [-0.15, -0.1) is 11.8 Å². The fourth-order valence-electron chi connectivity index (χ4n) is 0.158. The molecule has 44 valence electrons. The quantitative estimate of drug-likeness (QED) is 0.544. The number of hydrogen-bond acceptors (Lipinski definition) is 2. The molecule has 0 aromatic rings. The Morgan fingerprint density at radius 2 is 2.38 bits per heavy atom. The third-order valence-corrected chi connectivity index (χ3v) is 1.17. The fourth-order valence-corrected chi connectivity index (χ4v) is 0.596. The Morgan fingerprint density at radius 1 is 1.62 bits per heavy atom. The Kier molecular flexibility index (Phi) is 7.44. The Balaban J connectivity index is 3.19. The molecule has 0 saturated heterocycles. The second kappa shape index (κ2) is 7.23. The second-order valence-corrected chi connectivity index (χ2v) is 2.27. The van der Waals surface area contributed by atoms with Crippen molar-refractivity contribution in [2.75, 3.05) is 0 Å². The lowest BCUT2D eigenvalue weighted by Crippen LogP contribution is -1.45. The van der Waals surface area contributed by atoms with Crippen molar-refractivity contribution in [1.82, 2.24) is 0 Å². The Hall–Kier alpha value is 0.230. The van der Waals surface area contributed by atoms with E-state index in [2.05, 4.69) is 34.2 Å².